The van der Waals surface area contributed by atoms with Crippen molar-refractivity contribution < 1.29 is 9.53 Å². The number of amides is 1. The minimum atomic E-state index is -0.109. The number of para-hydroxylation sites is 1. The number of hydrogen-bond acceptors (Lipinski definition) is 3. The maximum atomic E-state index is 12.0. The normalized spacial score (nSPS) is 21.4. The summed E-state index contributed by atoms with van der Waals surface area (Å²) in [6.45, 7) is 2.92. The SMILES string of the molecule is COc1ccccc1C1CCN(CC(CC2CCCCC2)C(N)=O)CC1. The number of rotatable bonds is 7. The Hall–Kier alpha value is -1.55. The van der Waals surface area contributed by atoms with E-state index in [1.54, 1.807) is 7.11 Å². The molecule has 1 unspecified atom stereocenters. The van der Waals surface area contributed by atoms with E-state index < -0.39 is 0 Å². The van der Waals surface area contributed by atoms with Crippen LogP contribution in [0.15, 0.2) is 24.3 Å². The first kappa shape index (κ1) is 19.2. The number of carbonyl (C=O) groups is 1. The highest BCUT2D eigenvalue weighted by Gasteiger charge is 2.28. The molecule has 4 nitrogen and oxygen atoms in total. The molecule has 1 saturated carbocycles. The van der Waals surface area contributed by atoms with Crippen molar-refractivity contribution in [3.05, 3.63) is 29.8 Å². The molecule has 26 heavy (non-hydrogen) atoms. The monoisotopic (exact) mass is 358 g/mol. The molecule has 3 rings (SSSR count). The molecule has 1 heterocycles. The molecule has 1 saturated heterocycles. The molecule has 2 N–H and O–H groups in total. The molecule has 1 aromatic carbocycles. The molecule has 2 aliphatic rings. The fraction of sp³-hybridized carbons (Fsp3) is 0.682. The van der Waals surface area contributed by atoms with Gasteiger partial charge in [-0.15, -0.1) is 0 Å². The Morgan fingerprint density at radius 1 is 1.15 bits per heavy atom. The van der Waals surface area contributed by atoms with Crippen molar-refractivity contribution in [2.75, 3.05) is 26.7 Å². The summed E-state index contributed by atoms with van der Waals surface area (Å²) in [6, 6.07) is 8.36. The van der Waals surface area contributed by atoms with Crippen LogP contribution in [-0.4, -0.2) is 37.6 Å². The summed E-state index contributed by atoms with van der Waals surface area (Å²) in [5, 5.41) is 0. The molecule has 1 aliphatic carbocycles. The lowest BCUT2D eigenvalue weighted by Crippen LogP contribution is -2.41. The van der Waals surface area contributed by atoms with Gasteiger partial charge in [0.2, 0.25) is 5.91 Å². The van der Waals surface area contributed by atoms with Gasteiger partial charge in [0.25, 0.3) is 0 Å². The first-order valence-corrected chi connectivity index (χ1v) is 10.3. The van der Waals surface area contributed by atoms with E-state index in [0.29, 0.717) is 11.8 Å². The number of likely N-dealkylation sites (tertiary alicyclic amines) is 1. The standard InChI is InChI=1S/C22H34N2O2/c1-26-21-10-6-5-9-20(21)18-11-13-24(14-12-18)16-19(22(23)25)15-17-7-3-2-4-8-17/h5-6,9-10,17-19H,2-4,7-8,11-16H2,1H3,(H2,23,25). The van der Waals surface area contributed by atoms with Gasteiger partial charge in [-0.05, 0) is 55.8 Å². The average molecular weight is 359 g/mol. The Bertz CT molecular complexity index is 575. The predicted octanol–water partition coefficient (Wildman–Crippen LogP) is 3.95. The van der Waals surface area contributed by atoms with Gasteiger partial charge < -0.3 is 15.4 Å². The lowest BCUT2D eigenvalue weighted by molar-refractivity contribution is -0.123. The molecule has 1 aliphatic heterocycles. The molecule has 0 aromatic heterocycles. The van der Waals surface area contributed by atoms with Gasteiger partial charge in [0, 0.05) is 6.54 Å². The summed E-state index contributed by atoms with van der Waals surface area (Å²) in [7, 11) is 1.75. The van der Waals surface area contributed by atoms with Crippen molar-refractivity contribution in [2.45, 2.75) is 57.3 Å². The quantitative estimate of drug-likeness (QED) is 0.803. The molecule has 0 radical (unpaired) electrons. The molecule has 1 aromatic rings. The van der Waals surface area contributed by atoms with E-state index >= 15 is 0 Å². The van der Waals surface area contributed by atoms with E-state index in [1.165, 1.54) is 37.7 Å². The maximum absolute atomic E-state index is 12.0. The van der Waals surface area contributed by atoms with Gasteiger partial charge in [0.15, 0.2) is 0 Å². The molecule has 144 valence electrons. The second-order valence-corrected chi connectivity index (χ2v) is 8.16. The number of benzene rings is 1. The summed E-state index contributed by atoms with van der Waals surface area (Å²) in [4.78, 5) is 14.4. The predicted molar refractivity (Wildman–Crippen MR) is 105 cm³/mol. The van der Waals surface area contributed by atoms with E-state index in [0.717, 1.165) is 44.6 Å². The van der Waals surface area contributed by atoms with Crippen LogP contribution in [0.5, 0.6) is 5.75 Å². The molecule has 1 amide bonds. The van der Waals surface area contributed by atoms with Gasteiger partial charge in [-0.3, -0.25) is 4.79 Å². The minimum Gasteiger partial charge on any atom is -0.496 e. The lowest BCUT2D eigenvalue weighted by atomic mass is 9.82. The van der Waals surface area contributed by atoms with Gasteiger partial charge in [-0.2, -0.15) is 0 Å². The van der Waals surface area contributed by atoms with Crippen molar-refractivity contribution in [2.24, 2.45) is 17.6 Å². The van der Waals surface area contributed by atoms with Gasteiger partial charge in [-0.25, -0.2) is 0 Å². The number of hydrogen-bond donors (Lipinski definition) is 1. The number of methoxy groups -OCH3 is 1. The zero-order valence-electron chi connectivity index (χ0n) is 16.2. The lowest BCUT2D eigenvalue weighted by Gasteiger charge is -2.35. The van der Waals surface area contributed by atoms with Crippen LogP contribution in [0.3, 0.4) is 0 Å². The van der Waals surface area contributed by atoms with Crippen LogP contribution in [0.25, 0.3) is 0 Å². The molecule has 4 heteroatoms. The molecular formula is C22H34N2O2. The molecule has 0 bridgehead atoms. The van der Waals surface area contributed by atoms with Crippen molar-refractivity contribution in [1.82, 2.24) is 4.90 Å². The molecule has 1 atom stereocenters. The van der Waals surface area contributed by atoms with E-state index in [-0.39, 0.29) is 11.8 Å². The Labute approximate surface area is 158 Å². The summed E-state index contributed by atoms with van der Waals surface area (Å²) in [5.74, 6) is 2.15. The largest absolute Gasteiger partial charge is 0.496 e. The van der Waals surface area contributed by atoms with Crippen LogP contribution < -0.4 is 10.5 Å². The van der Waals surface area contributed by atoms with Gasteiger partial charge in [0.05, 0.1) is 13.0 Å². The highest BCUT2D eigenvalue weighted by Crippen LogP contribution is 2.35. The van der Waals surface area contributed by atoms with Crippen LogP contribution >= 0.6 is 0 Å². The first-order valence-electron chi connectivity index (χ1n) is 10.3. The molecular weight excluding hydrogens is 324 g/mol. The Morgan fingerprint density at radius 3 is 2.50 bits per heavy atom. The smallest absolute Gasteiger partial charge is 0.221 e. The second-order valence-electron chi connectivity index (χ2n) is 8.16. The number of ether oxygens (including phenoxy) is 1. The fourth-order valence-electron chi connectivity index (χ4n) is 4.85. The van der Waals surface area contributed by atoms with Crippen LogP contribution in [0.2, 0.25) is 0 Å². The van der Waals surface area contributed by atoms with Crippen LogP contribution in [0.4, 0.5) is 0 Å². The molecule has 2 fully saturated rings. The minimum absolute atomic E-state index is 0.0147. The van der Waals surface area contributed by atoms with E-state index in [4.69, 9.17) is 10.5 Å². The zero-order valence-corrected chi connectivity index (χ0v) is 16.2. The number of carbonyl (C=O) groups excluding carboxylic acids is 1. The summed E-state index contributed by atoms with van der Waals surface area (Å²) < 4.78 is 5.53. The third-order valence-electron chi connectivity index (χ3n) is 6.39. The third-order valence-corrected chi connectivity index (χ3v) is 6.39. The van der Waals surface area contributed by atoms with Crippen molar-refractivity contribution in [3.8, 4) is 5.75 Å². The van der Waals surface area contributed by atoms with Crippen molar-refractivity contribution >= 4 is 5.91 Å². The summed E-state index contributed by atoms with van der Waals surface area (Å²) >= 11 is 0. The highest BCUT2D eigenvalue weighted by molar-refractivity contribution is 5.76. The second kappa shape index (κ2) is 9.40. The fourth-order valence-corrected chi connectivity index (χ4v) is 4.85. The number of nitrogens with zero attached hydrogens (tertiary/aromatic N) is 1. The number of primary amides is 1. The third kappa shape index (κ3) is 5.00. The van der Waals surface area contributed by atoms with Crippen molar-refractivity contribution in [3.63, 3.8) is 0 Å². The molecule has 0 spiro atoms. The number of piperidine rings is 1. The number of nitrogens with two attached hydrogens (primary N) is 1. The van der Waals surface area contributed by atoms with Crippen molar-refractivity contribution in [1.29, 1.82) is 0 Å². The van der Waals surface area contributed by atoms with E-state index in [9.17, 15) is 4.79 Å². The van der Waals surface area contributed by atoms with Crippen LogP contribution in [0.1, 0.15) is 62.8 Å². The van der Waals surface area contributed by atoms with E-state index in [2.05, 4.69) is 23.1 Å². The summed E-state index contributed by atoms with van der Waals surface area (Å²) in [6.07, 6.45) is 9.78. The van der Waals surface area contributed by atoms with Gasteiger partial charge in [-0.1, -0.05) is 50.3 Å². The average Bonchev–Trinajstić information content (AvgIpc) is 2.69. The summed E-state index contributed by atoms with van der Waals surface area (Å²) in [5.41, 5.74) is 7.07. The van der Waals surface area contributed by atoms with Gasteiger partial charge >= 0.3 is 0 Å². The Morgan fingerprint density at radius 2 is 1.85 bits per heavy atom. The van der Waals surface area contributed by atoms with Crippen LogP contribution in [0, 0.1) is 11.8 Å². The zero-order chi connectivity index (χ0) is 18.4. The first-order chi connectivity index (χ1) is 12.7. The Balaban J connectivity index is 1.52. The maximum Gasteiger partial charge on any atom is 0.221 e. The Kier molecular flexibility index (Phi) is 6.95. The highest BCUT2D eigenvalue weighted by atomic mass is 16.5. The van der Waals surface area contributed by atoms with Gasteiger partial charge in [0.1, 0.15) is 5.75 Å². The topological polar surface area (TPSA) is 55.6 Å². The van der Waals surface area contributed by atoms with Crippen LogP contribution in [-0.2, 0) is 4.79 Å². The van der Waals surface area contributed by atoms with E-state index in [1.807, 2.05) is 6.07 Å².